The van der Waals surface area contributed by atoms with Crippen molar-refractivity contribution in [3.05, 3.63) is 83.2 Å². The Hall–Kier alpha value is -3.46. The summed E-state index contributed by atoms with van der Waals surface area (Å²) >= 11 is 18.8. The Morgan fingerprint density at radius 1 is 0.596 bits per heavy atom. The van der Waals surface area contributed by atoms with Gasteiger partial charge >= 0.3 is 19.5 Å². The fourth-order valence-corrected chi connectivity index (χ4v) is 5.47. The second-order valence-corrected chi connectivity index (χ2v) is 14.9. The van der Waals surface area contributed by atoms with Crippen LogP contribution >= 0.6 is 24.4 Å². The number of sulfonamides is 2. The van der Waals surface area contributed by atoms with E-state index in [2.05, 4.69) is 51.1 Å². The van der Waals surface area contributed by atoms with E-state index < -0.39 is 20.0 Å². The largest absolute Gasteiger partial charge is 2.00 e. The Morgan fingerprint density at radius 2 is 0.915 bits per heavy atom. The monoisotopic (exact) mass is 800 g/mol. The van der Waals surface area contributed by atoms with Gasteiger partial charge in [-0.3, -0.25) is 10.9 Å². The van der Waals surface area contributed by atoms with Gasteiger partial charge in [0.05, 0.1) is 9.79 Å². The van der Waals surface area contributed by atoms with Crippen molar-refractivity contribution in [1.29, 1.82) is 0 Å². The molecule has 0 bridgehead atoms. The molecule has 0 atom stereocenters. The predicted molar refractivity (Wildman–Crippen MR) is 191 cm³/mol. The Kier molecular flexibility index (Phi) is 14.9. The van der Waals surface area contributed by atoms with Gasteiger partial charge in [-0.1, -0.05) is 35.4 Å². The standard InChI is InChI=1S/2C13H15N5O2S3.Zn/c2*1-8-3-5-10(6-4-8)23(19,20)18-12-14-9(2)7-11(15-12)16-17-13(21)22;/h2*3-7H,1-2H3,(H2,17,21,22)(H2,14,15,16,18);/q;;+2/p-2. The van der Waals surface area contributed by atoms with Crippen molar-refractivity contribution in [3.8, 4) is 0 Å². The zero-order valence-corrected chi connectivity index (χ0v) is 33.2. The summed E-state index contributed by atoms with van der Waals surface area (Å²) in [6.45, 7) is 7.18. The summed E-state index contributed by atoms with van der Waals surface area (Å²) in [6, 6.07) is 16.2. The van der Waals surface area contributed by atoms with Crippen molar-refractivity contribution in [2.75, 3.05) is 20.3 Å². The molecule has 244 valence electrons. The predicted octanol–water partition coefficient (Wildman–Crippen LogP) is 3.28. The molecule has 0 spiro atoms. The van der Waals surface area contributed by atoms with Crippen molar-refractivity contribution in [3.63, 3.8) is 0 Å². The molecule has 0 saturated carbocycles. The Bertz CT molecular complexity index is 1790. The van der Waals surface area contributed by atoms with Crippen LogP contribution in [0.15, 0.2) is 70.5 Å². The van der Waals surface area contributed by atoms with E-state index in [1.165, 1.54) is 24.3 Å². The molecule has 2 heterocycles. The first-order chi connectivity index (χ1) is 21.5. The van der Waals surface area contributed by atoms with Gasteiger partial charge in [0, 0.05) is 23.5 Å². The van der Waals surface area contributed by atoms with Gasteiger partial charge in [0.15, 0.2) is 0 Å². The number of rotatable bonds is 10. The third-order valence-corrected chi connectivity index (χ3v) is 8.50. The van der Waals surface area contributed by atoms with Crippen LogP contribution in [0.1, 0.15) is 22.5 Å². The van der Waals surface area contributed by atoms with Gasteiger partial charge in [0.1, 0.15) is 11.6 Å². The first-order valence-electron chi connectivity index (χ1n) is 12.9. The second-order valence-electron chi connectivity index (χ2n) is 9.35. The summed E-state index contributed by atoms with van der Waals surface area (Å²) in [6.07, 6.45) is 0. The molecule has 0 aliphatic rings. The van der Waals surface area contributed by atoms with E-state index in [1.807, 2.05) is 13.8 Å². The number of nitrogens with one attached hydrogen (secondary N) is 6. The normalized spacial score (nSPS) is 10.6. The topological polar surface area (TPSA) is 192 Å². The number of thiocarbonyl (C=S) groups is 2. The van der Waals surface area contributed by atoms with E-state index in [0.29, 0.717) is 23.0 Å². The summed E-state index contributed by atoms with van der Waals surface area (Å²) < 4.78 is 54.3. The summed E-state index contributed by atoms with van der Waals surface area (Å²) in [5.74, 6) is 0.577. The molecule has 47 heavy (non-hydrogen) atoms. The molecule has 4 rings (SSSR count). The SMILES string of the molecule is Cc1ccc(S(=O)(=O)Nc2nc(C)cc(NNC(=S)[S-])n2)cc1.Cc1ccc(S(=O)(=O)Nc2nc(C)cc(NNC(=S)[S-])n2)cc1.[Zn+2]. The molecular formula is C26H28N10O4S6Zn. The number of aryl methyl sites for hydroxylation is 4. The molecule has 0 amide bonds. The summed E-state index contributed by atoms with van der Waals surface area (Å²) in [5, 5.41) is 0. The Labute approximate surface area is 307 Å². The minimum absolute atomic E-state index is 0. The molecule has 2 aromatic heterocycles. The molecule has 14 nitrogen and oxygen atoms in total. The number of hydrazine groups is 2. The minimum Gasteiger partial charge on any atom is -0.410 e. The molecule has 0 unspecified atom stereocenters. The smallest absolute Gasteiger partial charge is 0.410 e. The van der Waals surface area contributed by atoms with Crippen LogP contribution in [0.4, 0.5) is 23.5 Å². The number of hydrogen-bond acceptors (Lipinski definition) is 14. The summed E-state index contributed by atoms with van der Waals surface area (Å²) in [4.78, 5) is 16.5. The van der Waals surface area contributed by atoms with Crippen LogP contribution in [0.25, 0.3) is 0 Å². The van der Waals surface area contributed by atoms with Crippen LogP contribution < -0.4 is 31.1 Å². The minimum atomic E-state index is -3.76. The quantitative estimate of drug-likeness (QED) is 0.0592. The summed E-state index contributed by atoms with van der Waals surface area (Å²) in [7, 11) is -7.53. The van der Waals surface area contributed by atoms with Gasteiger partial charge in [-0.25, -0.2) is 36.2 Å². The maximum Gasteiger partial charge on any atom is 2.00 e. The number of aromatic nitrogens is 4. The van der Waals surface area contributed by atoms with E-state index in [1.54, 1.807) is 50.2 Å². The third kappa shape index (κ3) is 13.3. The van der Waals surface area contributed by atoms with E-state index >= 15 is 0 Å². The van der Waals surface area contributed by atoms with Crippen LogP contribution in [0.3, 0.4) is 0 Å². The van der Waals surface area contributed by atoms with Gasteiger partial charge in [0.25, 0.3) is 20.0 Å². The fraction of sp³-hybridized carbons (Fsp3) is 0.154. The van der Waals surface area contributed by atoms with Gasteiger partial charge in [-0.2, -0.15) is 9.97 Å². The third-order valence-electron chi connectivity index (χ3n) is 5.41. The van der Waals surface area contributed by atoms with Crippen molar-refractivity contribution in [2.24, 2.45) is 0 Å². The zero-order chi connectivity index (χ0) is 34.1. The molecular weight excluding hydrogens is 774 g/mol. The van der Waals surface area contributed by atoms with Gasteiger partial charge in [0.2, 0.25) is 11.9 Å². The summed E-state index contributed by atoms with van der Waals surface area (Å²) in [5.41, 5.74) is 13.5. The molecule has 0 radical (unpaired) electrons. The van der Waals surface area contributed by atoms with Crippen LogP contribution in [-0.4, -0.2) is 45.4 Å². The van der Waals surface area contributed by atoms with Crippen LogP contribution in [0, 0.1) is 27.7 Å². The van der Waals surface area contributed by atoms with Gasteiger partial charge in [-0.15, -0.1) is 0 Å². The fourth-order valence-electron chi connectivity index (χ4n) is 3.38. The van der Waals surface area contributed by atoms with Crippen molar-refractivity contribution in [1.82, 2.24) is 30.8 Å². The molecule has 6 N–H and O–H groups in total. The number of benzene rings is 2. The molecule has 4 aromatic rings. The van der Waals surface area contributed by atoms with Crippen molar-refractivity contribution < 1.29 is 36.3 Å². The zero-order valence-electron chi connectivity index (χ0n) is 25.4. The first-order valence-corrected chi connectivity index (χ1v) is 17.5. The Balaban J connectivity index is 0.000000320. The van der Waals surface area contributed by atoms with E-state index in [4.69, 9.17) is 49.7 Å². The molecule has 0 saturated heterocycles. The van der Waals surface area contributed by atoms with E-state index in [-0.39, 0.29) is 49.8 Å². The molecule has 0 aliphatic carbocycles. The number of anilines is 4. The molecule has 0 aliphatic heterocycles. The van der Waals surface area contributed by atoms with Gasteiger partial charge < -0.3 is 60.5 Å². The van der Waals surface area contributed by atoms with E-state index in [0.717, 1.165) is 11.1 Å². The first kappa shape index (κ1) is 39.7. The molecule has 0 fully saturated rings. The van der Waals surface area contributed by atoms with Crippen LogP contribution in [0.5, 0.6) is 0 Å². The molecule has 2 aromatic carbocycles. The molecule has 21 heteroatoms. The Morgan fingerprint density at radius 3 is 1.21 bits per heavy atom. The number of hydrogen-bond donors (Lipinski definition) is 6. The average molecular weight is 802 g/mol. The van der Waals surface area contributed by atoms with E-state index in [9.17, 15) is 16.8 Å². The van der Waals surface area contributed by atoms with Crippen molar-refractivity contribution >= 4 is 102 Å². The van der Waals surface area contributed by atoms with Crippen LogP contribution in [-0.2, 0) is 64.8 Å². The maximum atomic E-state index is 12.3. The van der Waals surface area contributed by atoms with Crippen LogP contribution in [0.2, 0.25) is 0 Å². The number of nitrogens with zero attached hydrogens (tertiary/aromatic N) is 4. The average Bonchev–Trinajstić information content (AvgIpc) is 2.95. The van der Waals surface area contributed by atoms with Gasteiger partial charge in [-0.05, 0) is 60.6 Å². The maximum absolute atomic E-state index is 12.3. The second kappa shape index (κ2) is 17.6. The van der Waals surface area contributed by atoms with Crippen molar-refractivity contribution in [2.45, 2.75) is 37.5 Å².